The van der Waals surface area contributed by atoms with Crippen molar-refractivity contribution in [2.75, 3.05) is 0 Å². The van der Waals surface area contributed by atoms with Crippen LogP contribution in [0.15, 0.2) is 41.0 Å². The van der Waals surface area contributed by atoms with Gasteiger partial charge in [-0.05, 0) is 34.5 Å². The third-order valence-corrected chi connectivity index (χ3v) is 3.32. The lowest BCUT2D eigenvalue weighted by atomic mass is 10.1. The molecule has 0 unspecified atom stereocenters. The maximum Gasteiger partial charge on any atom is 0.254 e. The molecule has 0 saturated carbocycles. The third kappa shape index (κ3) is 3.78. The Labute approximate surface area is 125 Å². The Morgan fingerprint density at radius 2 is 2.21 bits per heavy atom. The summed E-state index contributed by atoms with van der Waals surface area (Å²) < 4.78 is 0.720. The summed E-state index contributed by atoms with van der Waals surface area (Å²) in [5, 5.41) is 3.03. The number of benzene rings is 1. The number of hydrogen-bond acceptors (Lipinski definition) is 2. The van der Waals surface area contributed by atoms with Gasteiger partial charge in [-0.2, -0.15) is 0 Å². The van der Waals surface area contributed by atoms with Crippen molar-refractivity contribution in [1.82, 2.24) is 10.3 Å². The molecule has 0 spiro atoms. The number of rotatable bonds is 3. The van der Waals surface area contributed by atoms with Crippen molar-refractivity contribution in [2.45, 2.75) is 13.5 Å². The third-order valence-electron chi connectivity index (χ3n) is 2.59. The van der Waals surface area contributed by atoms with Gasteiger partial charge in [0.15, 0.2) is 0 Å². The molecule has 0 bridgehead atoms. The highest BCUT2D eigenvalue weighted by Gasteiger charge is 2.11. The van der Waals surface area contributed by atoms with E-state index in [2.05, 4.69) is 26.2 Å². The molecule has 2 rings (SSSR count). The molecule has 0 atom stereocenters. The average Bonchev–Trinajstić information content (AvgIpc) is 2.39. The molecule has 1 aromatic carbocycles. The zero-order valence-electron chi connectivity index (χ0n) is 10.3. The summed E-state index contributed by atoms with van der Waals surface area (Å²) in [5.41, 5.74) is 2.57. The fraction of sp³-hybridized carbons (Fsp3) is 0.143. The summed E-state index contributed by atoms with van der Waals surface area (Å²) in [6, 6.07) is 9.63. The van der Waals surface area contributed by atoms with Crippen LogP contribution in [-0.4, -0.2) is 10.9 Å². The van der Waals surface area contributed by atoms with Gasteiger partial charge in [-0.15, -0.1) is 0 Å². The van der Waals surface area contributed by atoms with Gasteiger partial charge in [0.25, 0.3) is 5.91 Å². The van der Waals surface area contributed by atoms with Gasteiger partial charge >= 0.3 is 0 Å². The molecule has 0 aliphatic rings. The van der Waals surface area contributed by atoms with E-state index in [0.29, 0.717) is 12.1 Å². The van der Waals surface area contributed by atoms with Gasteiger partial charge in [-0.1, -0.05) is 41.4 Å². The normalized spacial score (nSPS) is 10.3. The van der Waals surface area contributed by atoms with E-state index in [1.165, 1.54) is 0 Å². The Morgan fingerprint density at radius 1 is 1.42 bits per heavy atom. The van der Waals surface area contributed by atoms with E-state index in [1.54, 1.807) is 12.3 Å². The largest absolute Gasteiger partial charge is 0.348 e. The maximum atomic E-state index is 12.0. The number of amides is 1. The highest BCUT2D eigenvalue weighted by atomic mass is 79.9. The van der Waals surface area contributed by atoms with Gasteiger partial charge in [0.2, 0.25) is 0 Å². The minimum absolute atomic E-state index is 0.199. The molecular formula is C14H12BrClN2O. The van der Waals surface area contributed by atoms with Crippen molar-refractivity contribution >= 4 is 33.4 Å². The number of hydrogen-bond donors (Lipinski definition) is 1. The van der Waals surface area contributed by atoms with Crippen LogP contribution in [0.2, 0.25) is 5.15 Å². The van der Waals surface area contributed by atoms with Crippen LogP contribution in [0.3, 0.4) is 0 Å². The van der Waals surface area contributed by atoms with Crippen LogP contribution in [0.4, 0.5) is 0 Å². The van der Waals surface area contributed by atoms with Crippen LogP contribution in [-0.2, 0) is 6.54 Å². The van der Waals surface area contributed by atoms with Crippen LogP contribution in [0, 0.1) is 6.92 Å². The minimum atomic E-state index is -0.236. The van der Waals surface area contributed by atoms with Gasteiger partial charge in [0.05, 0.1) is 5.56 Å². The van der Waals surface area contributed by atoms with Crippen molar-refractivity contribution in [2.24, 2.45) is 0 Å². The van der Waals surface area contributed by atoms with E-state index in [0.717, 1.165) is 15.6 Å². The van der Waals surface area contributed by atoms with E-state index in [9.17, 15) is 4.79 Å². The van der Waals surface area contributed by atoms with Crippen LogP contribution < -0.4 is 5.32 Å². The summed E-state index contributed by atoms with van der Waals surface area (Å²) in [6.07, 6.45) is 1.56. The van der Waals surface area contributed by atoms with Crippen molar-refractivity contribution < 1.29 is 4.79 Å². The molecule has 5 heteroatoms. The number of carbonyl (C=O) groups is 1. The Morgan fingerprint density at radius 3 is 2.95 bits per heavy atom. The zero-order chi connectivity index (χ0) is 13.8. The summed E-state index contributed by atoms with van der Waals surface area (Å²) in [4.78, 5) is 15.9. The van der Waals surface area contributed by atoms with Crippen molar-refractivity contribution in [3.8, 4) is 0 Å². The minimum Gasteiger partial charge on any atom is -0.348 e. The number of nitrogens with one attached hydrogen (secondary N) is 1. The number of nitrogens with zero attached hydrogens (tertiary/aromatic N) is 1. The molecule has 1 heterocycles. The van der Waals surface area contributed by atoms with E-state index >= 15 is 0 Å². The Bertz CT molecular complexity index is 616. The molecule has 0 fully saturated rings. The fourth-order valence-electron chi connectivity index (χ4n) is 1.68. The van der Waals surface area contributed by atoms with E-state index < -0.39 is 0 Å². The molecule has 1 amide bonds. The first kappa shape index (κ1) is 14.0. The van der Waals surface area contributed by atoms with E-state index in [-0.39, 0.29) is 11.1 Å². The summed E-state index contributed by atoms with van der Waals surface area (Å²) in [6.45, 7) is 2.48. The lowest BCUT2D eigenvalue weighted by Crippen LogP contribution is -2.23. The predicted octanol–water partition coefficient (Wildman–Crippen LogP) is 3.74. The Balaban J connectivity index is 2.07. The first-order chi connectivity index (χ1) is 9.06. The lowest BCUT2D eigenvalue weighted by molar-refractivity contribution is 0.0950. The van der Waals surface area contributed by atoms with Crippen molar-refractivity contribution in [1.29, 1.82) is 0 Å². The molecule has 2 aromatic rings. The zero-order valence-corrected chi connectivity index (χ0v) is 12.6. The second-order valence-corrected chi connectivity index (χ2v) is 5.44. The van der Waals surface area contributed by atoms with Gasteiger partial charge in [0, 0.05) is 17.2 Å². The van der Waals surface area contributed by atoms with Crippen LogP contribution in [0.5, 0.6) is 0 Å². The van der Waals surface area contributed by atoms with Crippen molar-refractivity contribution in [3.05, 3.63) is 62.8 Å². The number of halogens is 2. The van der Waals surface area contributed by atoms with Crippen LogP contribution in [0.1, 0.15) is 21.5 Å². The van der Waals surface area contributed by atoms with E-state index in [1.807, 2.05) is 31.2 Å². The van der Waals surface area contributed by atoms with Gasteiger partial charge in [-0.25, -0.2) is 4.98 Å². The van der Waals surface area contributed by atoms with Gasteiger partial charge in [0.1, 0.15) is 5.15 Å². The number of aryl methyl sites for hydroxylation is 1. The molecule has 1 N–H and O–H groups in total. The monoisotopic (exact) mass is 338 g/mol. The highest BCUT2D eigenvalue weighted by Crippen LogP contribution is 2.18. The summed E-state index contributed by atoms with van der Waals surface area (Å²) >= 11 is 9.17. The molecule has 1 aromatic heterocycles. The average molecular weight is 340 g/mol. The predicted molar refractivity (Wildman–Crippen MR) is 79.3 cm³/mol. The molecule has 3 nitrogen and oxygen atoms in total. The van der Waals surface area contributed by atoms with E-state index in [4.69, 9.17) is 11.6 Å². The molecule has 0 saturated heterocycles. The smallest absolute Gasteiger partial charge is 0.254 e. The second kappa shape index (κ2) is 6.17. The van der Waals surface area contributed by atoms with Crippen molar-refractivity contribution in [3.63, 3.8) is 0 Å². The molecule has 19 heavy (non-hydrogen) atoms. The first-order valence-corrected chi connectivity index (χ1v) is 6.88. The Kier molecular flexibility index (Phi) is 4.56. The fourth-order valence-corrected chi connectivity index (χ4v) is 2.20. The standard InChI is InChI=1S/C14H12BrClN2O/c1-9-3-2-4-10(5-9)7-18-14(19)12-6-11(15)8-17-13(12)16/h2-6,8H,7H2,1H3,(H,18,19). The number of pyridine rings is 1. The summed E-state index contributed by atoms with van der Waals surface area (Å²) in [7, 11) is 0. The topological polar surface area (TPSA) is 42.0 Å². The second-order valence-electron chi connectivity index (χ2n) is 4.16. The summed E-state index contributed by atoms with van der Waals surface area (Å²) in [5.74, 6) is -0.236. The quantitative estimate of drug-likeness (QED) is 0.866. The number of aromatic nitrogens is 1. The molecule has 0 radical (unpaired) electrons. The van der Waals surface area contributed by atoms with Gasteiger partial charge < -0.3 is 5.32 Å². The number of carbonyl (C=O) groups excluding carboxylic acids is 1. The van der Waals surface area contributed by atoms with Crippen LogP contribution in [0.25, 0.3) is 0 Å². The molecule has 0 aliphatic carbocycles. The molecule has 0 aliphatic heterocycles. The van der Waals surface area contributed by atoms with Gasteiger partial charge in [-0.3, -0.25) is 4.79 Å². The van der Waals surface area contributed by atoms with Crippen LogP contribution >= 0.6 is 27.5 Å². The lowest BCUT2D eigenvalue weighted by Gasteiger charge is -2.07. The Hall–Kier alpha value is -1.39. The molecular weight excluding hydrogens is 328 g/mol. The maximum absolute atomic E-state index is 12.0. The SMILES string of the molecule is Cc1cccc(CNC(=O)c2cc(Br)cnc2Cl)c1. The molecule has 98 valence electrons. The first-order valence-electron chi connectivity index (χ1n) is 5.71. The highest BCUT2D eigenvalue weighted by molar-refractivity contribution is 9.10.